The summed E-state index contributed by atoms with van der Waals surface area (Å²) >= 11 is 0. The van der Waals surface area contributed by atoms with Crippen LogP contribution in [-0.2, 0) is 11.2 Å². The number of rotatable bonds is 9. The van der Waals surface area contributed by atoms with Gasteiger partial charge in [-0.15, -0.1) is 0 Å². The van der Waals surface area contributed by atoms with Crippen LogP contribution in [0.25, 0.3) is 0 Å². The van der Waals surface area contributed by atoms with E-state index >= 15 is 0 Å². The van der Waals surface area contributed by atoms with Crippen molar-refractivity contribution in [3.8, 4) is 5.75 Å². The van der Waals surface area contributed by atoms with Gasteiger partial charge in [0.25, 0.3) is 0 Å². The number of halogens is 1. The van der Waals surface area contributed by atoms with Crippen molar-refractivity contribution in [2.75, 3.05) is 13.7 Å². The molecule has 2 rings (SSSR count). The van der Waals surface area contributed by atoms with Crippen molar-refractivity contribution in [2.24, 2.45) is 0 Å². The summed E-state index contributed by atoms with van der Waals surface area (Å²) in [6, 6.07) is 12.7. The van der Waals surface area contributed by atoms with Crippen LogP contribution >= 0.6 is 0 Å². The Morgan fingerprint density at radius 1 is 1.11 bits per heavy atom. The molecule has 27 heavy (non-hydrogen) atoms. The van der Waals surface area contributed by atoms with Crippen LogP contribution in [0.3, 0.4) is 0 Å². The fourth-order valence-corrected chi connectivity index (χ4v) is 2.60. The number of carbonyl (C=O) groups excluding carboxylic acids is 1. The molecule has 1 atom stereocenters. The smallest absolute Gasteiger partial charge is 0.315 e. The second-order valence-corrected chi connectivity index (χ2v) is 6.05. The van der Waals surface area contributed by atoms with Gasteiger partial charge in [0.2, 0.25) is 0 Å². The lowest BCUT2D eigenvalue weighted by molar-refractivity contribution is -0.137. The number of carboxylic acid groups (broad SMARTS) is 1. The van der Waals surface area contributed by atoms with Crippen molar-refractivity contribution < 1.29 is 23.8 Å². The molecule has 0 aliphatic rings. The van der Waals surface area contributed by atoms with Gasteiger partial charge in [0.15, 0.2) is 0 Å². The molecule has 2 aromatic rings. The molecule has 0 heterocycles. The average molecular weight is 374 g/mol. The molecule has 6 nitrogen and oxygen atoms in total. The van der Waals surface area contributed by atoms with E-state index in [2.05, 4.69) is 10.6 Å². The van der Waals surface area contributed by atoms with Gasteiger partial charge in [0.05, 0.1) is 13.2 Å². The lowest BCUT2D eigenvalue weighted by Gasteiger charge is -2.20. The first-order chi connectivity index (χ1) is 13.0. The minimum absolute atomic E-state index is 0.00221. The van der Waals surface area contributed by atoms with E-state index in [1.54, 1.807) is 31.4 Å². The number of amides is 2. The van der Waals surface area contributed by atoms with Gasteiger partial charge in [-0.05, 0) is 48.2 Å². The Balaban J connectivity index is 2.05. The number of hydrogen-bond acceptors (Lipinski definition) is 3. The van der Waals surface area contributed by atoms with Gasteiger partial charge in [-0.25, -0.2) is 9.18 Å². The van der Waals surface area contributed by atoms with Crippen molar-refractivity contribution in [2.45, 2.75) is 25.3 Å². The van der Waals surface area contributed by atoms with Crippen molar-refractivity contribution in [3.05, 3.63) is 65.5 Å². The molecule has 2 aromatic carbocycles. The molecule has 144 valence electrons. The Morgan fingerprint density at radius 2 is 1.78 bits per heavy atom. The monoisotopic (exact) mass is 374 g/mol. The molecule has 3 N–H and O–H groups in total. The zero-order chi connectivity index (χ0) is 19.6. The maximum Gasteiger partial charge on any atom is 0.315 e. The Kier molecular flexibility index (Phi) is 7.61. The first kappa shape index (κ1) is 20.2. The van der Waals surface area contributed by atoms with E-state index in [1.165, 1.54) is 12.1 Å². The van der Waals surface area contributed by atoms with E-state index in [9.17, 15) is 14.0 Å². The number of carboxylic acids is 1. The second kappa shape index (κ2) is 10.2. The number of urea groups is 1. The maximum absolute atomic E-state index is 13.1. The lowest BCUT2D eigenvalue weighted by atomic mass is 9.99. The highest BCUT2D eigenvalue weighted by Gasteiger charge is 2.16. The van der Waals surface area contributed by atoms with Gasteiger partial charge in [0.1, 0.15) is 11.6 Å². The molecule has 0 saturated carbocycles. The quantitative estimate of drug-likeness (QED) is 0.588. The van der Waals surface area contributed by atoms with Crippen molar-refractivity contribution >= 4 is 12.0 Å². The third kappa shape index (κ3) is 6.97. The highest BCUT2D eigenvalue weighted by molar-refractivity contribution is 5.74. The molecule has 0 bridgehead atoms. The molecule has 0 radical (unpaired) electrons. The summed E-state index contributed by atoms with van der Waals surface area (Å²) in [6.45, 7) is 0.268. The number of ether oxygens (including phenoxy) is 1. The number of aliphatic carboxylic acids is 1. The van der Waals surface area contributed by atoms with Crippen molar-refractivity contribution in [1.29, 1.82) is 0 Å². The number of benzene rings is 2. The minimum atomic E-state index is -0.898. The summed E-state index contributed by atoms with van der Waals surface area (Å²) in [5, 5.41) is 14.2. The molecule has 0 aliphatic carbocycles. The first-order valence-electron chi connectivity index (χ1n) is 8.62. The highest BCUT2D eigenvalue weighted by Crippen LogP contribution is 2.21. The van der Waals surface area contributed by atoms with Gasteiger partial charge < -0.3 is 20.5 Å². The molecule has 0 saturated heterocycles. The fourth-order valence-electron chi connectivity index (χ4n) is 2.60. The van der Waals surface area contributed by atoms with Crippen LogP contribution in [0.4, 0.5) is 9.18 Å². The largest absolute Gasteiger partial charge is 0.497 e. The Morgan fingerprint density at radius 3 is 2.37 bits per heavy atom. The predicted octanol–water partition coefficient (Wildman–Crippen LogP) is 3.28. The standard InChI is InChI=1S/C20H23FN2O4/c1-27-17-10-6-15(7-11-17)18(13-14-4-8-16(21)9-5-14)23-20(26)22-12-2-3-19(24)25/h4-11,18H,2-3,12-13H2,1H3,(H,24,25)(H2,22,23,26). The van der Waals surface area contributed by atoms with E-state index in [1.807, 2.05) is 12.1 Å². The van der Waals surface area contributed by atoms with Crippen LogP contribution in [0.15, 0.2) is 48.5 Å². The predicted molar refractivity (Wildman–Crippen MR) is 99.2 cm³/mol. The van der Waals surface area contributed by atoms with E-state index in [0.717, 1.165) is 11.1 Å². The summed E-state index contributed by atoms with van der Waals surface area (Å²) in [6.07, 6.45) is 0.834. The molecule has 0 aliphatic heterocycles. The molecule has 0 aromatic heterocycles. The summed E-state index contributed by atoms with van der Waals surface area (Å²) in [5.41, 5.74) is 1.75. The number of nitrogens with one attached hydrogen (secondary N) is 2. The summed E-state index contributed by atoms with van der Waals surface area (Å²) in [7, 11) is 1.58. The Bertz CT molecular complexity index is 748. The molecule has 1 unspecified atom stereocenters. The Labute approximate surface area is 157 Å². The van der Waals surface area contributed by atoms with Gasteiger partial charge in [-0.1, -0.05) is 24.3 Å². The molecule has 0 fully saturated rings. The van der Waals surface area contributed by atoms with Crippen LogP contribution in [0, 0.1) is 5.82 Å². The van der Waals surface area contributed by atoms with Gasteiger partial charge >= 0.3 is 12.0 Å². The van der Waals surface area contributed by atoms with E-state index in [-0.39, 0.29) is 30.9 Å². The average Bonchev–Trinajstić information content (AvgIpc) is 2.66. The number of carbonyl (C=O) groups is 2. The van der Waals surface area contributed by atoms with Crippen LogP contribution in [0.2, 0.25) is 0 Å². The third-order valence-electron chi connectivity index (χ3n) is 4.03. The van der Waals surface area contributed by atoms with Crippen LogP contribution < -0.4 is 15.4 Å². The zero-order valence-corrected chi connectivity index (χ0v) is 15.1. The summed E-state index contributed by atoms with van der Waals surface area (Å²) < 4.78 is 18.3. The van der Waals surface area contributed by atoms with Gasteiger partial charge in [0, 0.05) is 13.0 Å². The topological polar surface area (TPSA) is 87.7 Å². The second-order valence-electron chi connectivity index (χ2n) is 6.05. The zero-order valence-electron chi connectivity index (χ0n) is 15.1. The SMILES string of the molecule is COc1ccc(C(Cc2ccc(F)cc2)NC(=O)NCCCC(=O)O)cc1. The Hall–Kier alpha value is -3.09. The van der Waals surface area contributed by atoms with E-state index < -0.39 is 5.97 Å². The molecule has 7 heteroatoms. The van der Waals surface area contributed by atoms with Crippen molar-refractivity contribution in [1.82, 2.24) is 10.6 Å². The van der Waals surface area contributed by atoms with Crippen LogP contribution in [-0.4, -0.2) is 30.8 Å². The lowest BCUT2D eigenvalue weighted by Crippen LogP contribution is -2.39. The first-order valence-corrected chi connectivity index (χ1v) is 8.62. The fraction of sp³-hybridized carbons (Fsp3) is 0.300. The summed E-state index contributed by atoms with van der Waals surface area (Å²) in [4.78, 5) is 22.7. The van der Waals surface area contributed by atoms with E-state index in [0.29, 0.717) is 18.6 Å². The van der Waals surface area contributed by atoms with Gasteiger partial charge in [-0.2, -0.15) is 0 Å². The summed E-state index contributed by atoms with van der Waals surface area (Å²) in [5.74, 6) is -0.508. The van der Waals surface area contributed by atoms with Crippen LogP contribution in [0.5, 0.6) is 5.75 Å². The maximum atomic E-state index is 13.1. The number of methoxy groups -OCH3 is 1. The van der Waals surface area contributed by atoms with Gasteiger partial charge in [-0.3, -0.25) is 4.79 Å². The number of hydrogen-bond donors (Lipinski definition) is 3. The normalized spacial score (nSPS) is 11.5. The molecule has 0 spiro atoms. The molecule has 2 amide bonds. The molecular weight excluding hydrogens is 351 g/mol. The minimum Gasteiger partial charge on any atom is -0.497 e. The molecular formula is C20H23FN2O4. The van der Waals surface area contributed by atoms with E-state index in [4.69, 9.17) is 9.84 Å². The van der Waals surface area contributed by atoms with Crippen molar-refractivity contribution in [3.63, 3.8) is 0 Å². The third-order valence-corrected chi connectivity index (χ3v) is 4.03. The highest BCUT2D eigenvalue weighted by atomic mass is 19.1. The van der Waals surface area contributed by atoms with Crippen LogP contribution in [0.1, 0.15) is 30.0 Å².